The topological polar surface area (TPSA) is 51.2 Å². The molecule has 0 saturated heterocycles. The average molecular weight is 373 g/mol. The van der Waals surface area contributed by atoms with Crippen molar-refractivity contribution in [2.45, 2.75) is 32.6 Å². The molecule has 0 radical (unpaired) electrons. The zero-order chi connectivity index (χ0) is 19.5. The van der Waals surface area contributed by atoms with Crippen LogP contribution < -0.4 is 9.47 Å². The van der Waals surface area contributed by atoms with Crippen LogP contribution >= 0.6 is 0 Å². The van der Waals surface area contributed by atoms with E-state index in [1.165, 1.54) is 0 Å². The van der Waals surface area contributed by atoms with Gasteiger partial charge in [0.25, 0.3) is 0 Å². The van der Waals surface area contributed by atoms with Gasteiger partial charge in [0.05, 0.1) is 33.5 Å². The van der Waals surface area contributed by atoms with Gasteiger partial charge in [0.2, 0.25) is 0 Å². The summed E-state index contributed by atoms with van der Waals surface area (Å²) in [6.45, 7) is 5.07. The Morgan fingerprint density at radius 1 is 1.00 bits per heavy atom. The maximum Gasteiger partial charge on any atom is 0.165 e. The highest BCUT2D eigenvalue weighted by Gasteiger charge is 2.16. The van der Waals surface area contributed by atoms with E-state index < -0.39 is 6.10 Å². The maximum absolute atomic E-state index is 10.4. The molecule has 5 heteroatoms. The molecule has 0 aliphatic rings. The molecule has 1 N–H and O–H groups in total. The van der Waals surface area contributed by atoms with E-state index in [0.29, 0.717) is 26.3 Å². The number of para-hydroxylation sites is 1. The van der Waals surface area contributed by atoms with Crippen LogP contribution in [0.2, 0.25) is 0 Å². The molecule has 2 aromatic carbocycles. The maximum atomic E-state index is 10.4. The van der Waals surface area contributed by atoms with Gasteiger partial charge in [-0.3, -0.25) is 4.90 Å². The van der Waals surface area contributed by atoms with Gasteiger partial charge in [0, 0.05) is 18.7 Å². The second-order valence-corrected chi connectivity index (χ2v) is 6.54. The van der Waals surface area contributed by atoms with E-state index >= 15 is 0 Å². The van der Waals surface area contributed by atoms with E-state index in [9.17, 15) is 5.11 Å². The van der Waals surface area contributed by atoms with E-state index in [1.807, 2.05) is 48.5 Å². The summed E-state index contributed by atoms with van der Waals surface area (Å²) in [5.41, 5.74) is 2.15. The highest BCUT2D eigenvalue weighted by atomic mass is 16.5. The van der Waals surface area contributed by atoms with Gasteiger partial charge < -0.3 is 19.3 Å². The fraction of sp³-hybridized carbons (Fsp3) is 0.455. The summed E-state index contributed by atoms with van der Waals surface area (Å²) in [6.07, 6.45) is 0.459. The van der Waals surface area contributed by atoms with E-state index in [1.54, 1.807) is 14.2 Å². The molecule has 0 fully saturated rings. The van der Waals surface area contributed by atoms with Crippen LogP contribution in [0.3, 0.4) is 0 Å². The zero-order valence-corrected chi connectivity index (χ0v) is 16.6. The molecule has 1 atom stereocenters. The Morgan fingerprint density at radius 2 is 1.78 bits per heavy atom. The number of hydrogen-bond donors (Lipinski definition) is 1. The van der Waals surface area contributed by atoms with Crippen LogP contribution in [0.4, 0.5) is 0 Å². The van der Waals surface area contributed by atoms with Crippen molar-refractivity contribution in [2.24, 2.45) is 0 Å². The van der Waals surface area contributed by atoms with Crippen LogP contribution in [0.15, 0.2) is 48.5 Å². The van der Waals surface area contributed by atoms with Crippen molar-refractivity contribution in [3.05, 3.63) is 59.7 Å². The van der Waals surface area contributed by atoms with E-state index in [0.717, 1.165) is 35.6 Å². The summed E-state index contributed by atoms with van der Waals surface area (Å²) in [5, 5.41) is 10.4. The third-order valence-corrected chi connectivity index (χ3v) is 4.31. The van der Waals surface area contributed by atoms with E-state index in [2.05, 4.69) is 11.8 Å². The van der Waals surface area contributed by atoms with Gasteiger partial charge in [-0.05, 0) is 24.6 Å². The van der Waals surface area contributed by atoms with Crippen molar-refractivity contribution in [1.29, 1.82) is 0 Å². The van der Waals surface area contributed by atoms with Crippen molar-refractivity contribution in [3.63, 3.8) is 0 Å². The normalized spacial score (nSPS) is 12.2. The standard InChI is InChI=1S/C22H31NO4/c1-4-13-23(14-19-11-8-12-21(25-2)22(19)26-3)15-20(24)17-27-16-18-9-6-5-7-10-18/h5-12,20,24H,4,13-17H2,1-3H3/t20-/m1/s1. The molecule has 148 valence electrons. The molecule has 27 heavy (non-hydrogen) atoms. The Kier molecular flexibility index (Phi) is 9.11. The van der Waals surface area contributed by atoms with Gasteiger partial charge in [-0.25, -0.2) is 0 Å². The van der Waals surface area contributed by atoms with Crippen molar-refractivity contribution in [3.8, 4) is 11.5 Å². The molecule has 0 aliphatic carbocycles. The minimum Gasteiger partial charge on any atom is -0.493 e. The molecule has 0 unspecified atom stereocenters. The van der Waals surface area contributed by atoms with E-state index in [-0.39, 0.29) is 0 Å². The summed E-state index contributed by atoms with van der Waals surface area (Å²) < 4.78 is 16.6. The van der Waals surface area contributed by atoms with Crippen LogP contribution in [0.1, 0.15) is 24.5 Å². The minimum atomic E-state index is -0.545. The molecule has 0 heterocycles. The van der Waals surface area contributed by atoms with Crippen LogP contribution in [0.5, 0.6) is 11.5 Å². The van der Waals surface area contributed by atoms with Gasteiger partial charge in [-0.1, -0.05) is 49.4 Å². The SMILES string of the molecule is CCCN(Cc1cccc(OC)c1OC)C[C@@H](O)COCc1ccccc1. The number of benzene rings is 2. The summed E-state index contributed by atoms with van der Waals surface area (Å²) in [6, 6.07) is 15.9. The number of nitrogens with zero attached hydrogens (tertiary/aromatic N) is 1. The van der Waals surface area contributed by atoms with Crippen LogP contribution in [0, 0.1) is 0 Å². The Hall–Kier alpha value is -2.08. The first-order valence-electron chi connectivity index (χ1n) is 9.39. The fourth-order valence-electron chi connectivity index (χ4n) is 3.11. The van der Waals surface area contributed by atoms with Gasteiger partial charge in [-0.2, -0.15) is 0 Å². The molecule has 2 rings (SSSR count). The largest absolute Gasteiger partial charge is 0.493 e. The number of aliphatic hydroxyl groups is 1. The second-order valence-electron chi connectivity index (χ2n) is 6.54. The smallest absolute Gasteiger partial charge is 0.165 e. The van der Waals surface area contributed by atoms with Crippen molar-refractivity contribution < 1.29 is 19.3 Å². The van der Waals surface area contributed by atoms with Crippen LogP contribution in [-0.4, -0.2) is 50.0 Å². The van der Waals surface area contributed by atoms with E-state index in [4.69, 9.17) is 14.2 Å². The lowest BCUT2D eigenvalue weighted by molar-refractivity contribution is 0.00846. The zero-order valence-electron chi connectivity index (χ0n) is 16.6. The molecule has 0 aliphatic heterocycles. The van der Waals surface area contributed by atoms with Gasteiger partial charge in [0.15, 0.2) is 11.5 Å². The van der Waals surface area contributed by atoms with Crippen molar-refractivity contribution in [2.75, 3.05) is 33.9 Å². The summed E-state index contributed by atoms with van der Waals surface area (Å²) in [7, 11) is 3.29. The van der Waals surface area contributed by atoms with Gasteiger partial charge >= 0.3 is 0 Å². The summed E-state index contributed by atoms with van der Waals surface area (Å²) in [4.78, 5) is 2.22. The quantitative estimate of drug-likeness (QED) is 0.617. The number of hydrogen-bond acceptors (Lipinski definition) is 5. The average Bonchev–Trinajstić information content (AvgIpc) is 2.68. The molecule has 2 aromatic rings. The summed E-state index contributed by atoms with van der Waals surface area (Å²) >= 11 is 0. The first kappa shape index (κ1) is 21.2. The van der Waals surface area contributed by atoms with Crippen LogP contribution in [0.25, 0.3) is 0 Å². The molecule has 0 spiro atoms. The Balaban J connectivity index is 1.91. The third kappa shape index (κ3) is 6.86. The monoisotopic (exact) mass is 373 g/mol. The molecule has 5 nitrogen and oxygen atoms in total. The molecular weight excluding hydrogens is 342 g/mol. The molecule has 0 aromatic heterocycles. The van der Waals surface area contributed by atoms with Gasteiger partial charge in [-0.15, -0.1) is 0 Å². The lowest BCUT2D eigenvalue weighted by Gasteiger charge is -2.25. The minimum absolute atomic E-state index is 0.310. The predicted octanol–water partition coefficient (Wildman–Crippen LogP) is 3.49. The first-order chi connectivity index (χ1) is 13.2. The van der Waals surface area contributed by atoms with Crippen molar-refractivity contribution >= 4 is 0 Å². The second kappa shape index (κ2) is 11.6. The number of rotatable bonds is 12. The number of ether oxygens (including phenoxy) is 3. The predicted molar refractivity (Wildman–Crippen MR) is 107 cm³/mol. The number of aliphatic hydroxyl groups excluding tert-OH is 1. The highest BCUT2D eigenvalue weighted by molar-refractivity contribution is 5.46. The lowest BCUT2D eigenvalue weighted by atomic mass is 10.1. The molecular formula is C22H31NO4. The highest BCUT2D eigenvalue weighted by Crippen LogP contribution is 2.31. The summed E-state index contributed by atoms with van der Waals surface area (Å²) in [5.74, 6) is 1.47. The first-order valence-corrected chi connectivity index (χ1v) is 9.39. The van der Waals surface area contributed by atoms with Crippen LogP contribution in [-0.2, 0) is 17.9 Å². The molecule has 0 bridgehead atoms. The molecule has 0 saturated carbocycles. The van der Waals surface area contributed by atoms with Crippen molar-refractivity contribution in [1.82, 2.24) is 4.90 Å². The third-order valence-electron chi connectivity index (χ3n) is 4.31. The molecule has 0 amide bonds. The lowest BCUT2D eigenvalue weighted by Crippen LogP contribution is -2.35. The Labute approximate surface area is 162 Å². The van der Waals surface area contributed by atoms with Gasteiger partial charge in [0.1, 0.15) is 0 Å². The fourth-order valence-corrected chi connectivity index (χ4v) is 3.11. The Bertz CT molecular complexity index is 663. The number of methoxy groups -OCH3 is 2. The Morgan fingerprint density at radius 3 is 2.44 bits per heavy atom.